The molecule has 0 rings (SSSR count). The van der Waals surface area contributed by atoms with Crippen LogP contribution < -0.4 is 5.32 Å². The molecule has 0 aliphatic rings. The highest BCUT2D eigenvalue weighted by molar-refractivity contribution is 7.47. The van der Waals surface area contributed by atoms with Gasteiger partial charge in [0.25, 0.3) is 0 Å². The Kier molecular flexibility index (Phi) is 61.3. The van der Waals surface area contributed by atoms with E-state index in [4.69, 9.17) is 9.05 Å². The van der Waals surface area contributed by atoms with Crippen LogP contribution in [0.5, 0.6) is 0 Å². The Morgan fingerprint density at radius 1 is 0.425 bits per heavy atom. The number of aliphatic hydroxyl groups excluding tert-OH is 1. The first-order valence-electron chi connectivity index (χ1n) is 35.4. The van der Waals surface area contributed by atoms with Gasteiger partial charge in [-0.1, -0.05) is 339 Å². The summed E-state index contributed by atoms with van der Waals surface area (Å²) in [5.74, 6) is -0.139. The van der Waals surface area contributed by atoms with E-state index >= 15 is 0 Å². The van der Waals surface area contributed by atoms with Crippen LogP contribution in [0.15, 0.2) is 36.5 Å². The van der Waals surface area contributed by atoms with Gasteiger partial charge in [0.2, 0.25) is 5.91 Å². The van der Waals surface area contributed by atoms with Crippen LogP contribution in [0.3, 0.4) is 0 Å². The quantitative estimate of drug-likeness (QED) is 0.0243. The Balaban J connectivity index is 4.02. The maximum Gasteiger partial charge on any atom is 0.472 e. The number of nitrogens with zero attached hydrogens (tertiary/aromatic N) is 1. The molecule has 0 aromatic carbocycles. The van der Waals surface area contributed by atoms with Crippen molar-refractivity contribution < 1.29 is 32.9 Å². The molecular formula is C71H140N2O6P+. The average molecular weight is 1150 g/mol. The Labute approximate surface area is 499 Å². The molecule has 0 saturated carbocycles. The standard InChI is InChI=1S/C71H139N2O6P/c1-6-8-10-12-14-16-18-20-22-24-26-28-30-32-34-36-38-40-42-44-46-48-50-52-54-56-58-60-62-64-70(74)69(68-79-80(76,77)78-67-66-73(3,4)5)72-71(75)65-63-61-59-57-55-53-51-49-47-45-43-41-39-37-35-33-31-29-27-25-23-21-19-17-15-13-11-9-7-2/h19,21,25,27,31,33,69-70,74H,6-18,20,22-24,26,28-30,32,34-68H2,1-5H3,(H-,72,75,76,77)/p+1/b21-19-,27-25-,33-31-. The van der Waals surface area contributed by atoms with Gasteiger partial charge in [-0.05, 0) is 51.4 Å². The van der Waals surface area contributed by atoms with Gasteiger partial charge in [0.1, 0.15) is 13.2 Å². The number of rotatable bonds is 66. The molecule has 474 valence electrons. The monoisotopic (exact) mass is 1150 g/mol. The van der Waals surface area contributed by atoms with Crippen molar-refractivity contribution in [1.82, 2.24) is 5.32 Å². The average Bonchev–Trinajstić information content (AvgIpc) is 3.42. The number of quaternary nitrogens is 1. The van der Waals surface area contributed by atoms with Crippen LogP contribution >= 0.6 is 7.82 Å². The number of nitrogens with one attached hydrogen (secondary N) is 1. The van der Waals surface area contributed by atoms with Crippen molar-refractivity contribution in [2.75, 3.05) is 40.9 Å². The van der Waals surface area contributed by atoms with E-state index in [9.17, 15) is 19.4 Å². The maximum atomic E-state index is 13.1. The molecule has 0 aromatic heterocycles. The smallest absolute Gasteiger partial charge is 0.391 e. The lowest BCUT2D eigenvalue weighted by Crippen LogP contribution is -2.46. The van der Waals surface area contributed by atoms with E-state index in [1.54, 1.807) is 0 Å². The molecule has 1 amide bonds. The summed E-state index contributed by atoms with van der Waals surface area (Å²) in [4.78, 5) is 23.5. The zero-order valence-electron chi connectivity index (χ0n) is 54.3. The van der Waals surface area contributed by atoms with Crippen molar-refractivity contribution in [1.29, 1.82) is 0 Å². The number of amides is 1. The van der Waals surface area contributed by atoms with Crippen molar-refractivity contribution in [3.63, 3.8) is 0 Å². The number of phosphoric acid groups is 1. The highest BCUT2D eigenvalue weighted by Gasteiger charge is 2.28. The Morgan fingerprint density at radius 2 is 0.713 bits per heavy atom. The van der Waals surface area contributed by atoms with E-state index in [0.717, 1.165) is 51.4 Å². The Hall–Kier alpha value is -1.28. The molecule has 0 aliphatic heterocycles. The maximum absolute atomic E-state index is 13.1. The summed E-state index contributed by atoms with van der Waals surface area (Å²) in [5.41, 5.74) is 0. The van der Waals surface area contributed by atoms with Gasteiger partial charge >= 0.3 is 7.82 Å². The van der Waals surface area contributed by atoms with Crippen LogP contribution in [0.2, 0.25) is 0 Å². The van der Waals surface area contributed by atoms with Crippen molar-refractivity contribution in [2.45, 2.75) is 373 Å². The Morgan fingerprint density at radius 3 is 1.04 bits per heavy atom. The topological polar surface area (TPSA) is 105 Å². The number of phosphoric ester groups is 1. The van der Waals surface area contributed by atoms with Gasteiger partial charge in [0.05, 0.1) is 39.9 Å². The predicted molar refractivity (Wildman–Crippen MR) is 351 cm³/mol. The van der Waals surface area contributed by atoms with Gasteiger partial charge in [0.15, 0.2) is 0 Å². The number of hydrogen-bond acceptors (Lipinski definition) is 5. The van der Waals surface area contributed by atoms with Gasteiger partial charge in [-0.15, -0.1) is 0 Å². The van der Waals surface area contributed by atoms with E-state index in [1.807, 2.05) is 21.1 Å². The summed E-state index contributed by atoms with van der Waals surface area (Å²) >= 11 is 0. The first-order valence-corrected chi connectivity index (χ1v) is 36.8. The molecule has 0 aliphatic carbocycles. The minimum absolute atomic E-state index is 0.0758. The van der Waals surface area contributed by atoms with Gasteiger partial charge in [-0.25, -0.2) is 4.57 Å². The third-order valence-electron chi connectivity index (χ3n) is 16.4. The van der Waals surface area contributed by atoms with Gasteiger partial charge in [0, 0.05) is 6.42 Å². The van der Waals surface area contributed by atoms with E-state index in [2.05, 4.69) is 55.6 Å². The largest absolute Gasteiger partial charge is 0.472 e. The molecule has 0 spiro atoms. The number of unbranched alkanes of at least 4 members (excludes halogenated alkanes) is 47. The van der Waals surface area contributed by atoms with Crippen LogP contribution in [0.4, 0.5) is 0 Å². The predicted octanol–water partition coefficient (Wildman–Crippen LogP) is 22.4. The molecule has 9 heteroatoms. The van der Waals surface area contributed by atoms with E-state index in [0.29, 0.717) is 23.9 Å². The third-order valence-corrected chi connectivity index (χ3v) is 17.4. The van der Waals surface area contributed by atoms with Crippen LogP contribution in [0.25, 0.3) is 0 Å². The second-order valence-electron chi connectivity index (χ2n) is 25.6. The number of carbonyl (C=O) groups excluding carboxylic acids is 1. The molecular weight excluding hydrogens is 1010 g/mol. The molecule has 3 N–H and O–H groups in total. The normalized spacial score (nSPS) is 13.8. The number of allylic oxidation sites excluding steroid dienone is 6. The summed E-state index contributed by atoms with van der Waals surface area (Å²) in [6, 6.07) is -0.763. The van der Waals surface area contributed by atoms with Gasteiger partial charge < -0.3 is 19.8 Å². The fourth-order valence-electron chi connectivity index (χ4n) is 10.9. The highest BCUT2D eigenvalue weighted by atomic mass is 31.2. The number of likely N-dealkylation sites (N-methyl/N-ethyl adjacent to an activating group) is 1. The lowest BCUT2D eigenvalue weighted by molar-refractivity contribution is -0.870. The van der Waals surface area contributed by atoms with Gasteiger partial charge in [-0.2, -0.15) is 0 Å². The molecule has 8 nitrogen and oxygen atoms in total. The fraction of sp³-hybridized carbons (Fsp3) is 0.901. The second kappa shape index (κ2) is 62.3. The van der Waals surface area contributed by atoms with Crippen molar-refractivity contribution in [3.05, 3.63) is 36.5 Å². The van der Waals surface area contributed by atoms with Crippen LogP contribution in [-0.2, 0) is 18.4 Å². The fourth-order valence-corrected chi connectivity index (χ4v) is 11.6. The molecule has 0 radical (unpaired) electrons. The minimum atomic E-state index is -4.33. The minimum Gasteiger partial charge on any atom is -0.391 e. The summed E-state index contributed by atoms with van der Waals surface area (Å²) < 4.78 is 23.9. The van der Waals surface area contributed by atoms with E-state index in [-0.39, 0.29) is 19.1 Å². The second-order valence-corrected chi connectivity index (χ2v) is 27.1. The summed E-state index contributed by atoms with van der Waals surface area (Å²) in [6.45, 7) is 4.93. The number of aliphatic hydroxyl groups is 1. The van der Waals surface area contributed by atoms with Crippen LogP contribution in [-0.4, -0.2) is 73.4 Å². The van der Waals surface area contributed by atoms with E-state index in [1.165, 1.54) is 283 Å². The van der Waals surface area contributed by atoms with Crippen molar-refractivity contribution >= 4 is 13.7 Å². The lowest BCUT2D eigenvalue weighted by Gasteiger charge is -2.26. The molecule has 0 saturated heterocycles. The summed E-state index contributed by atoms with van der Waals surface area (Å²) in [5, 5.41) is 14.2. The molecule has 0 bridgehead atoms. The number of hydrogen-bond donors (Lipinski definition) is 3. The SMILES string of the molecule is CCCCCCC/C=C\C/C=C\C/C=C\CCCCCCCCCCCCCCCCC(=O)NC(COP(=O)(O)OCC[N+](C)(C)C)C(O)CCCCCCCCCCCCCCCCCCCCCCCCCCCCCCC. The zero-order valence-corrected chi connectivity index (χ0v) is 55.2. The molecule has 0 heterocycles. The molecule has 3 atom stereocenters. The van der Waals surface area contributed by atoms with Crippen LogP contribution in [0, 0.1) is 0 Å². The lowest BCUT2D eigenvalue weighted by atomic mass is 10.0. The summed E-state index contributed by atoms with van der Waals surface area (Å²) in [6.07, 6.45) is 82.4. The number of carbonyl (C=O) groups is 1. The molecule has 80 heavy (non-hydrogen) atoms. The van der Waals surface area contributed by atoms with E-state index < -0.39 is 20.0 Å². The molecule has 3 unspecified atom stereocenters. The van der Waals surface area contributed by atoms with Crippen molar-refractivity contribution in [3.8, 4) is 0 Å². The Bertz CT molecular complexity index is 1400. The van der Waals surface area contributed by atoms with Gasteiger partial charge in [-0.3, -0.25) is 13.8 Å². The summed E-state index contributed by atoms with van der Waals surface area (Å²) in [7, 11) is 1.63. The highest BCUT2D eigenvalue weighted by Crippen LogP contribution is 2.43. The first kappa shape index (κ1) is 78.7. The van der Waals surface area contributed by atoms with Crippen molar-refractivity contribution in [2.24, 2.45) is 0 Å². The van der Waals surface area contributed by atoms with Crippen LogP contribution in [0.1, 0.15) is 361 Å². The molecule has 0 aromatic rings. The molecule has 0 fully saturated rings. The third kappa shape index (κ3) is 64.3. The zero-order chi connectivity index (χ0) is 58.4. The first-order chi connectivity index (χ1) is 39.0.